The predicted octanol–water partition coefficient (Wildman–Crippen LogP) is 3.30. The summed E-state index contributed by atoms with van der Waals surface area (Å²) in [5, 5.41) is 0.897. The topological polar surface area (TPSA) is 103 Å². The van der Waals surface area contributed by atoms with E-state index >= 15 is 0 Å². The Labute approximate surface area is 142 Å². The molecule has 4 rings (SSSR count). The number of amides is 1. The van der Waals surface area contributed by atoms with Crippen LogP contribution in [0.3, 0.4) is 0 Å². The molecule has 7 heteroatoms. The number of carbonyl (C=O) groups is 2. The number of para-hydroxylation sites is 2. The van der Waals surface area contributed by atoms with Crippen molar-refractivity contribution in [1.82, 2.24) is 14.5 Å². The number of fused-ring (bicyclic) bond motifs is 2. The molecule has 0 aliphatic rings. The molecule has 25 heavy (non-hydrogen) atoms. The third kappa shape index (κ3) is 2.42. The molecule has 0 spiro atoms. The van der Waals surface area contributed by atoms with E-state index in [1.807, 2.05) is 30.3 Å². The van der Waals surface area contributed by atoms with Crippen LogP contribution in [-0.4, -0.2) is 26.5 Å². The standard InChI is InChI=1S/C18H14N4O3/c1-10(23)22-9-12(11-5-2-3-7-14(11)22)17-20-13-6-4-8-15(16(13)21-17)25-18(19)24/h2-9H,1H3,(H2,19,24)(H,20,21). The van der Waals surface area contributed by atoms with Crippen molar-refractivity contribution in [2.75, 3.05) is 0 Å². The fraction of sp³-hybridized carbons (Fsp3) is 0.0556. The Hall–Kier alpha value is -3.61. The number of aromatic amines is 1. The molecule has 3 N–H and O–H groups in total. The average Bonchev–Trinajstić information content (AvgIpc) is 3.16. The van der Waals surface area contributed by atoms with Gasteiger partial charge in [0.05, 0.1) is 11.0 Å². The fourth-order valence-electron chi connectivity index (χ4n) is 2.95. The molecule has 2 aromatic carbocycles. The molecular weight excluding hydrogens is 320 g/mol. The minimum absolute atomic E-state index is 0.0867. The number of ether oxygens (including phenoxy) is 1. The van der Waals surface area contributed by atoms with Crippen LogP contribution in [0.5, 0.6) is 5.75 Å². The summed E-state index contributed by atoms with van der Waals surface area (Å²) >= 11 is 0. The second kappa shape index (κ2) is 5.48. The Bertz CT molecular complexity index is 1140. The van der Waals surface area contributed by atoms with Crippen LogP contribution in [0.25, 0.3) is 33.3 Å². The van der Waals surface area contributed by atoms with E-state index in [1.54, 1.807) is 22.9 Å². The summed E-state index contributed by atoms with van der Waals surface area (Å²) < 4.78 is 6.59. The zero-order chi connectivity index (χ0) is 17.6. The Kier molecular flexibility index (Phi) is 3.28. The molecule has 4 aromatic rings. The Morgan fingerprint density at radius 3 is 2.72 bits per heavy atom. The number of nitrogens with one attached hydrogen (secondary N) is 1. The second-order valence-corrected chi connectivity index (χ2v) is 5.61. The lowest BCUT2D eigenvalue weighted by Crippen LogP contribution is -2.16. The first-order valence-corrected chi connectivity index (χ1v) is 7.62. The van der Waals surface area contributed by atoms with Crippen molar-refractivity contribution in [3.63, 3.8) is 0 Å². The molecule has 0 radical (unpaired) electrons. The van der Waals surface area contributed by atoms with Crippen molar-refractivity contribution in [3.8, 4) is 17.1 Å². The summed E-state index contributed by atoms with van der Waals surface area (Å²) in [6.07, 6.45) is 0.851. The molecule has 124 valence electrons. The van der Waals surface area contributed by atoms with Gasteiger partial charge in [-0.15, -0.1) is 0 Å². The number of aromatic nitrogens is 3. The molecule has 0 saturated carbocycles. The number of carbonyl (C=O) groups excluding carboxylic acids is 2. The van der Waals surface area contributed by atoms with Gasteiger partial charge in [-0.1, -0.05) is 24.3 Å². The number of H-pyrrole nitrogens is 1. The van der Waals surface area contributed by atoms with Crippen LogP contribution >= 0.6 is 0 Å². The average molecular weight is 334 g/mol. The number of benzene rings is 2. The molecule has 0 bridgehead atoms. The third-order valence-electron chi connectivity index (χ3n) is 3.99. The maximum Gasteiger partial charge on any atom is 0.410 e. The Morgan fingerprint density at radius 1 is 1.16 bits per heavy atom. The van der Waals surface area contributed by atoms with E-state index in [0.29, 0.717) is 16.9 Å². The first-order valence-electron chi connectivity index (χ1n) is 7.62. The molecular formula is C18H14N4O3. The van der Waals surface area contributed by atoms with Crippen LogP contribution in [0.4, 0.5) is 4.79 Å². The molecule has 0 saturated heterocycles. The van der Waals surface area contributed by atoms with Gasteiger partial charge < -0.3 is 15.5 Å². The molecule has 0 aliphatic carbocycles. The summed E-state index contributed by atoms with van der Waals surface area (Å²) in [6, 6.07) is 12.8. The summed E-state index contributed by atoms with van der Waals surface area (Å²) in [6.45, 7) is 1.51. The van der Waals surface area contributed by atoms with Gasteiger partial charge in [-0.05, 0) is 18.2 Å². The number of hydrogen-bond acceptors (Lipinski definition) is 4. The molecule has 1 amide bonds. The molecule has 2 aromatic heterocycles. The van der Waals surface area contributed by atoms with E-state index in [1.165, 1.54) is 6.92 Å². The van der Waals surface area contributed by atoms with E-state index in [4.69, 9.17) is 10.5 Å². The zero-order valence-corrected chi connectivity index (χ0v) is 13.3. The molecule has 7 nitrogen and oxygen atoms in total. The second-order valence-electron chi connectivity index (χ2n) is 5.61. The highest BCUT2D eigenvalue weighted by molar-refractivity contribution is 6.01. The van der Waals surface area contributed by atoms with Crippen molar-refractivity contribution in [2.24, 2.45) is 5.73 Å². The van der Waals surface area contributed by atoms with Crippen LogP contribution in [0, 0.1) is 0 Å². The number of primary amides is 1. The van der Waals surface area contributed by atoms with E-state index in [-0.39, 0.29) is 11.7 Å². The SMILES string of the molecule is CC(=O)n1cc(-c2nc3c(OC(N)=O)cccc3[nH]2)c2ccccc21. The molecule has 0 aliphatic heterocycles. The van der Waals surface area contributed by atoms with Gasteiger partial charge in [0.2, 0.25) is 5.91 Å². The van der Waals surface area contributed by atoms with Crippen molar-refractivity contribution in [3.05, 3.63) is 48.7 Å². The summed E-state index contributed by atoms with van der Waals surface area (Å²) in [5.41, 5.74) is 7.89. The number of nitrogens with zero attached hydrogens (tertiary/aromatic N) is 2. The maximum absolute atomic E-state index is 11.9. The van der Waals surface area contributed by atoms with E-state index < -0.39 is 6.09 Å². The summed E-state index contributed by atoms with van der Waals surface area (Å²) in [5.74, 6) is 0.769. The van der Waals surface area contributed by atoms with Crippen LogP contribution < -0.4 is 10.5 Å². The molecule has 0 fully saturated rings. The number of nitrogens with two attached hydrogens (primary N) is 1. The quantitative estimate of drug-likeness (QED) is 0.587. The van der Waals surface area contributed by atoms with Crippen molar-refractivity contribution < 1.29 is 14.3 Å². The summed E-state index contributed by atoms with van der Waals surface area (Å²) in [4.78, 5) is 30.7. The Balaban J connectivity index is 1.95. The van der Waals surface area contributed by atoms with Gasteiger partial charge in [0.15, 0.2) is 5.75 Å². The Morgan fingerprint density at radius 2 is 1.96 bits per heavy atom. The molecule has 0 unspecified atom stereocenters. The van der Waals surface area contributed by atoms with E-state index in [2.05, 4.69) is 9.97 Å². The predicted molar refractivity (Wildman–Crippen MR) is 93.5 cm³/mol. The summed E-state index contributed by atoms with van der Waals surface area (Å²) in [7, 11) is 0. The molecule has 0 atom stereocenters. The maximum atomic E-state index is 11.9. The van der Waals surface area contributed by atoms with Gasteiger partial charge in [-0.25, -0.2) is 9.78 Å². The molecule has 2 heterocycles. The lowest BCUT2D eigenvalue weighted by Gasteiger charge is -1.99. The highest BCUT2D eigenvalue weighted by Gasteiger charge is 2.17. The van der Waals surface area contributed by atoms with Gasteiger partial charge in [0.1, 0.15) is 11.3 Å². The van der Waals surface area contributed by atoms with Gasteiger partial charge in [-0.2, -0.15) is 0 Å². The van der Waals surface area contributed by atoms with Gasteiger partial charge in [0, 0.05) is 24.1 Å². The van der Waals surface area contributed by atoms with Crippen LogP contribution in [0.2, 0.25) is 0 Å². The number of imidazole rings is 1. The minimum atomic E-state index is -0.898. The van der Waals surface area contributed by atoms with Gasteiger partial charge in [0.25, 0.3) is 0 Å². The van der Waals surface area contributed by atoms with Crippen LogP contribution in [-0.2, 0) is 0 Å². The van der Waals surface area contributed by atoms with E-state index in [9.17, 15) is 9.59 Å². The largest absolute Gasteiger partial charge is 0.410 e. The minimum Gasteiger partial charge on any atom is -0.408 e. The van der Waals surface area contributed by atoms with E-state index in [0.717, 1.165) is 16.5 Å². The monoisotopic (exact) mass is 334 g/mol. The van der Waals surface area contributed by atoms with Crippen LogP contribution in [0.1, 0.15) is 11.7 Å². The zero-order valence-electron chi connectivity index (χ0n) is 13.3. The number of rotatable bonds is 2. The third-order valence-corrected chi connectivity index (χ3v) is 3.99. The highest BCUT2D eigenvalue weighted by atomic mass is 16.5. The normalized spacial score (nSPS) is 11.1. The van der Waals surface area contributed by atoms with Crippen molar-refractivity contribution in [1.29, 1.82) is 0 Å². The van der Waals surface area contributed by atoms with Crippen molar-refractivity contribution >= 4 is 33.9 Å². The number of hydrogen-bond donors (Lipinski definition) is 2. The fourth-order valence-corrected chi connectivity index (χ4v) is 2.95. The van der Waals surface area contributed by atoms with Crippen LogP contribution in [0.15, 0.2) is 48.7 Å². The lowest BCUT2D eigenvalue weighted by molar-refractivity contribution is 0.0941. The highest BCUT2D eigenvalue weighted by Crippen LogP contribution is 2.32. The van der Waals surface area contributed by atoms with Gasteiger partial charge in [-0.3, -0.25) is 9.36 Å². The van der Waals surface area contributed by atoms with Crippen molar-refractivity contribution in [2.45, 2.75) is 6.92 Å². The smallest absolute Gasteiger partial charge is 0.408 e. The first-order chi connectivity index (χ1) is 12.0. The first kappa shape index (κ1) is 14.9. The lowest BCUT2D eigenvalue weighted by atomic mass is 10.2. The van der Waals surface area contributed by atoms with Gasteiger partial charge >= 0.3 is 6.09 Å².